The highest BCUT2D eigenvalue weighted by Crippen LogP contribution is 2.67. The van der Waals surface area contributed by atoms with Crippen LogP contribution >= 0.6 is 7.82 Å². The van der Waals surface area contributed by atoms with E-state index in [4.69, 9.17) is 19.1 Å². The third-order valence-electron chi connectivity index (χ3n) is 14.1. The van der Waals surface area contributed by atoms with E-state index in [1.165, 1.54) is 56.3 Å². The van der Waals surface area contributed by atoms with Gasteiger partial charge in [-0.15, -0.1) is 0 Å². The van der Waals surface area contributed by atoms with Gasteiger partial charge < -0.3 is 19.8 Å². The first-order valence-corrected chi connectivity index (χ1v) is 21.5. The number of carbonyl (C=O) groups is 2. The summed E-state index contributed by atoms with van der Waals surface area (Å²) in [5.41, 5.74) is 5.01. The Balaban J connectivity index is 1.02. The third-order valence-corrected chi connectivity index (χ3v) is 14.7. The number of hydrogen-bond donors (Lipinski definition) is 4. The van der Waals surface area contributed by atoms with E-state index >= 15 is 0 Å². The number of carbonyl (C=O) groups excluding carboxylic acids is 2. The quantitative estimate of drug-likeness (QED) is 0.0556. The lowest BCUT2D eigenvalue weighted by atomic mass is 9.47. The molecule has 10 nitrogen and oxygen atoms in total. The van der Waals surface area contributed by atoms with Gasteiger partial charge in [0.15, 0.2) is 0 Å². The van der Waals surface area contributed by atoms with Crippen molar-refractivity contribution < 1.29 is 38.4 Å². The average Bonchev–Trinajstić information content (AvgIpc) is 3.62. The molecule has 0 aromatic carbocycles. The number of aliphatic hydroxyl groups excluding tert-OH is 1. The first kappa shape index (κ1) is 39.9. The molecule has 11 heteroatoms. The van der Waals surface area contributed by atoms with Crippen LogP contribution in [0.2, 0.25) is 0 Å². The lowest BCUT2D eigenvalue weighted by Crippen LogP contribution is -2.51. The summed E-state index contributed by atoms with van der Waals surface area (Å²) in [6.07, 6.45) is 18.3. The maximum atomic E-state index is 12.7. The van der Waals surface area contributed by atoms with Gasteiger partial charge in [-0.05, 0) is 117 Å². The molecule has 0 spiro atoms. The van der Waals surface area contributed by atoms with Crippen LogP contribution in [0.4, 0.5) is 0 Å². The van der Waals surface area contributed by atoms with Gasteiger partial charge in [-0.3, -0.25) is 19.0 Å². The number of aliphatic hydroxyl groups is 1. The van der Waals surface area contributed by atoms with Gasteiger partial charge in [-0.2, -0.15) is 0 Å². The fourth-order valence-electron chi connectivity index (χ4n) is 11.5. The van der Waals surface area contributed by atoms with E-state index in [9.17, 15) is 19.3 Å². The first-order valence-electron chi connectivity index (χ1n) is 19.9. The van der Waals surface area contributed by atoms with E-state index in [2.05, 4.69) is 46.2 Å². The van der Waals surface area contributed by atoms with Crippen molar-refractivity contribution in [3.05, 3.63) is 11.6 Å². The number of allylic oxidation sites excluding steroid dienone is 1. The largest absolute Gasteiger partial charge is 0.469 e. The minimum absolute atomic E-state index is 0.00200. The molecule has 3 saturated carbocycles. The molecule has 5 rings (SSSR count). The van der Waals surface area contributed by atoms with Gasteiger partial charge in [0.05, 0.1) is 24.9 Å². The van der Waals surface area contributed by atoms with Crippen LogP contribution in [0.25, 0.3) is 0 Å². The van der Waals surface area contributed by atoms with Crippen molar-refractivity contribution in [3.63, 3.8) is 0 Å². The van der Waals surface area contributed by atoms with Crippen molar-refractivity contribution in [2.45, 2.75) is 162 Å². The van der Waals surface area contributed by atoms with Crippen LogP contribution in [0.15, 0.2) is 11.6 Å². The molecule has 1 heterocycles. The summed E-state index contributed by atoms with van der Waals surface area (Å²) in [4.78, 5) is 50.9. The van der Waals surface area contributed by atoms with Gasteiger partial charge in [-0.1, -0.05) is 72.0 Å². The summed E-state index contributed by atoms with van der Waals surface area (Å²) in [5, 5.41) is 9.62. The van der Waals surface area contributed by atoms with Gasteiger partial charge >= 0.3 is 7.82 Å². The highest BCUT2D eigenvalue weighted by Gasteiger charge is 2.59. The van der Waals surface area contributed by atoms with Crippen LogP contribution in [-0.2, 0) is 23.5 Å². The van der Waals surface area contributed by atoms with Crippen molar-refractivity contribution in [2.75, 3.05) is 13.2 Å². The number of nitrogens with one attached hydrogen (secondary N) is 1. The average molecular weight is 723 g/mol. The Morgan fingerprint density at radius 2 is 1.74 bits per heavy atom. The molecule has 1 aliphatic heterocycles. The van der Waals surface area contributed by atoms with E-state index in [-0.39, 0.29) is 49.3 Å². The second kappa shape index (κ2) is 16.8. The second-order valence-corrected chi connectivity index (χ2v) is 18.9. The van der Waals surface area contributed by atoms with Gasteiger partial charge in [0.25, 0.3) is 0 Å². The Labute approximate surface area is 301 Å². The molecule has 0 bridgehead atoms. The van der Waals surface area contributed by atoms with Crippen molar-refractivity contribution in [2.24, 2.45) is 46.3 Å². The summed E-state index contributed by atoms with van der Waals surface area (Å²) in [5.74, 6) is 4.58. The summed E-state index contributed by atoms with van der Waals surface area (Å²) in [6.45, 7) is 12.2. The van der Waals surface area contributed by atoms with Gasteiger partial charge in [0.1, 0.15) is 0 Å². The minimum atomic E-state index is -4.66. The van der Waals surface area contributed by atoms with Crippen molar-refractivity contribution in [3.8, 4) is 0 Å². The molecule has 4 N–H and O–H groups in total. The smallest absolute Gasteiger partial charge is 0.394 e. The summed E-state index contributed by atoms with van der Waals surface area (Å²) < 4.78 is 15.9. The first-order chi connectivity index (χ1) is 23.6. The molecule has 5 unspecified atom stereocenters. The molecule has 5 aliphatic rings. The van der Waals surface area contributed by atoms with Gasteiger partial charge in [0.2, 0.25) is 11.8 Å². The SMILES string of the molecule is CC(C)CCC[C@@H](C)[C@H]1CCC2C3CC=C4CC(ONC(=O)CCCCCC(=O)N5CC(OP(=O)(O)O)C[C@H]5CO)CC[C@]4(C)C3CC[C@@]21C. The molecule has 10 atom stereocenters. The number of unbranched alkanes of at least 4 members (excludes halogenated alkanes) is 2. The zero-order valence-electron chi connectivity index (χ0n) is 31.5. The molecule has 1 saturated heterocycles. The van der Waals surface area contributed by atoms with Gasteiger partial charge in [0, 0.05) is 19.4 Å². The summed E-state index contributed by atoms with van der Waals surface area (Å²) in [6, 6.07) is -0.512. The monoisotopic (exact) mass is 722 g/mol. The highest BCUT2D eigenvalue weighted by atomic mass is 31.2. The zero-order chi connectivity index (χ0) is 36.3. The van der Waals surface area contributed by atoms with Crippen LogP contribution in [0.1, 0.15) is 144 Å². The number of rotatable bonds is 16. The molecule has 0 aromatic rings. The fraction of sp³-hybridized carbons (Fsp3) is 0.897. The number of fused-ring (bicyclic) bond motifs is 5. The van der Waals surface area contributed by atoms with Crippen molar-refractivity contribution in [1.29, 1.82) is 0 Å². The van der Waals surface area contributed by atoms with Gasteiger partial charge in [-0.25, -0.2) is 10.0 Å². The maximum Gasteiger partial charge on any atom is 0.469 e. The standard InChI is InChI=1S/C39H67N2O8P/c1-26(2)10-9-11-27(3)33-16-17-34-32-15-14-28-22-30(18-20-38(28,4)35(32)19-21-39(33,34)5)48-40-36(43)12-7-6-8-13-37(44)41-24-31(23-29(41)25-42)49-50(45,46)47/h14,26-27,29-35,42H,6-13,15-25H2,1-5H3,(H,40,43)(H2,45,46,47)/t27-,29+,30?,31?,32?,33-,34?,35?,38+,39-/m1/s1. The van der Waals surface area contributed by atoms with E-state index < -0.39 is 20.0 Å². The normalized spacial score (nSPS) is 36.1. The number of hydrogen-bond acceptors (Lipinski definition) is 6. The molecule has 4 aliphatic carbocycles. The highest BCUT2D eigenvalue weighted by molar-refractivity contribution is 7.46. The minimum Gasteiger partial charge on any atom is -0.394 e. The Morgan fingerprint density at radius 1 is 0.980 bits per heavy atom. The second-order valence-electron chi connectivity index (χ2n) is 17.7. The molecular formula is C39H67N2O8P. The molecule has 4 fully saturated rings. The topological polar surface area (TPSA) is 146 Å². The molecule has 0 radical (unpaired) electrons. The third kappa shape index (κ3) is 9.25. The summed E-state index contributed by atoms with van der Waals surface area (Å²) >= 11 is 0. The molecule has 0 aromatic heterocycles. The van der Waals surface area contributed by atoms with Crippen LogP contribution in [0.3, 0.4) is 0 Å². The van der Waals surface area contributed by atoms with Crippen molar-refractivity contribution in [1.82, 2.24) is 10.4 Å². The van der Waals surface area contributed by atoms with Crippen LogP contribution < -0.4 is 5.48 Å². The fourth-order valence-corrected chi connectivity index (χ4v) is 12.0. The molecule has 286 valence electrons. The number of nitrogens with zero attached hydrogens (tertiary/aromatic N) is 1. The zero-order valence-corrected chi connectivity index (χ0v) is 32.4. The predicted molar refractivity (Wildman–Crippen MR) is 193 cm³/mol. The predicted octanol–water partition coefficient (Wildman–Crippen LogP) is 7.47. The number of phosphoric ester groups is 1. The molecule has 2 amide bonds. The number of hydroxylamine groups is 1. The van der Waals surface area contributed by atoms with E-state index in [1.54, 1.807) is 5.57 Å². The summed E-state index contributed by atoms with van der Waals surface area (Å²) in [7, 11) is -4.66. The van der Waals surface area contributed by atoms with Crippen LogP contribution in [-0.4, -0.2) is 63.0 Å². The number of amides is 2. The van der Waals surface area contributed by atoms with E-state index in [0.717, 1.165) is 54.8 Å². The molecule has 50 heavy (non-hydrogen) atoms. The maximum absolute atomic E-state index is 12.7. The van der Waals surface area contributed by atoms with Crippen molar-refractivity contribution >= 4 is 19.6 Å². The van der Waals surface area contributed by atoms with E-state index in [1.807, 2.05) is 0 Å². The number of phosphoric acid groups is 1. The Bertz CT molecular complexity index is 1250. The lowest BCUT2D eigenvalue weighted by Gasteiger charge is -2.58. The Kier molecular flexibility index (Phi) is 13.4. The molecular weight excluding hydrogens is 655 g/mol. The Morgan fingerprint density at radius 3 is 2.46 bits per heavy atom. The lowest BCUT2D eigenvalue weighted by molar-refractivity contribution is -0.141. The van der Waals surface area contributed by atoms with E-state index in [0.29, 0.717) is 31.1 Å². The van der Waals surface area contributed by atoms with Crippen LogP contribution in [0.5, 0.6) is 0 Å². The number of likely N-dealkylation sites (tertiary alicyclic amines) is 1. The van der Waals surface area contributed by atoms with Crippen LogP contribution in [0, 0.1) is 46.3 Å². The Hall–Kier alpha value is -1.29.